The van der Waals surface area contributed by atoms with Gasteiger partial charge < -0.3 is 0 Å². The van der Waals surface area contributed by atoms with E-state index in [1.807, 2.05) is 54.6 Å². The summed E-state index contributed by atoms with van der Waals surface area (Å²) < 4.78 is 0. The average Bonchev–Trinajstić information content (AvgIpc) is 2.52. The number of carbonyl (C=O) groups is 1. The smallest absolute Gasteiger partial charge is 0.187 e. The highest BCUT2D eigenvalue weighted by Crippen LogP contribution is 2.35. The van der Waals surface area contributed by atoms with Gasteiger partial charge in [0.05, 0.1) is 0 Å². The van der Waals surface area contributed by atoms with Gasteiger partial charge in [0.15, 0.2) is 5.78 Å². The number of hydrogen-bond donors (Lipinski definition) is 1. The lowest BCUT2D eigenvalue weighted by atomic mass is 9.75. The molecule has 2 rings (SSSR count). The minimum absolute atomic E-state index is 0.0824. The monoisotopic (exact) mass is 357 g/mol. The fraction of sp³-hybridized carbons (Fsp3) is 0.409. The molecule has 0 heterocycles. The Morgan fingerprint density at radius 3 is 2.20 bits per heavy atom. The third kappa shape index (κ3) is 4.93. The number of ketones is 1. The molecule has 2 nitrogen and oxygen atoms in total. The van der Waals surface area contributed by atoms with Gasteiger partial charge in [0, 0.05) is 16.1 Å². The van der Waals surface area contributed by atoms with E-state index in [0.717, 1.165) is 5.56 Å². The molecule has 25 heavy (non-hydrogen) atoms. The first-order chi connectivity index (χ1) is 11.6. The molecule has 0 radical (unpaired) electrons. The Morgan fingerprint density at radius 1 is 1.04 bits per heavy atom. The van der Waals surface area contributed by atoms with E-state index in [1.54, 1.807) is 0 Å². The second-order valence-corrected chi connectivity index (χ2v) is 8.52. The molecule has 0 bridgehead atoms. The fourth-order valence-electron chi connectivity index (χ4n) is 3.36. The summed E-state index contributed by atoms with van der Waals surface area (Å²) in [5, 5.41) is 4.28. The molecular formula is C22H28ClNO. The van der Waals surface area contributed by atoms with Gasteiger partial charge in [-0.05, 0) is 50.8 Å². The maximum absolute atomic E-state index is 13.7. The zero-order valence-corrected chi connectivity index (χ0v) is 16.5. The highest BCUT2D eigenvalue weighted by molar-refractivity contribution is 6.30. The van der Waals surface area contributed by atoms with Crippen molar-refractivity contribution >= 4 is 17.4 Å². The maximum atomic E-state index is 13.7. The number of hydrogen-bond acceptors (Lipinski definition) is 2. The van der Waals surface area contributed by atoms with Gasteiger partial charge in [-0.2, -0.15) is 0 Å². The number of carbonyl (C=O) groups excluding carboxylic acids is 1. The van der Waals surface area contributed by atoms with Crippen LogP contribution in [0.25, 0.3) is 0 Å². The van der Waals surface area contributed by atoms with Crippen LogP contribution in [-0.4, -0.2) is 11.3 Å². The Morgan fingerprint density at radius 2 is 1.68 bits per heavy atom. The molecule has 0 saturated heterocycles. The highest BCUT2D eigenvalue weighted by Gasteiger charge is 2.43. The molecule has 0 aliphatic rings. The van der Waals surface area contributed by atoms with Gasteiger partial charge in [-0.3, -0.25) is 10.1 Å². The van der Waals surface area contributed by atoms with Gasteiger partial charge in [-0.15, -0.1) is 0 Å². The molecule has 134 valence electrons. The van der Waals surface area contributed by atoms with Crippen molar-refractivity contribution in [2.45, 2.75) is 52.1 Å². The summed E-state index contributed by atoms with van der Waals surface area (Å²) in [5.74, 6) is 0.417. The third-order valence-electron chi connectivity index (χ3n) is 4.04. The number of nitrogens with one attached hydrogen (secondary N) is 1. The van der Waals surface area contributed by atoms with Crippen LogP contribution in [0.4, 0.5) is 0 Å². The van der Waals surface area contributed by atoms with E-state index < -0.39 is 5.54 Å². The molecule has 0 aliphatic heterocycles. The molecule has 2 aromatic rings. The van der Waals surface area contributed by atoms with Crippen molar-refractivity contribution < 1.29 is 4.79 Å². The van der Waals surface area contributed by atoms with Crippen molar-refractivity contribution in [3.05, 3.63) is 70.7 Å². The molecule has 3 heteroatoms. The predicted octanol–water partition coefficient (Wildman–Crippen LogP) is 5.85. The predicted molar refractivity (Wildman–Crippen MR) is 106 cm³/mol. The second kappa shape index (κ2) is 7.72. The second-order valence-electron chi connectivity index (χ2n) is 8.08. The van der Waals surface area contributed by atoms with E-state index in [0.29, 0.717) is 22.9 Å². The summed E-state index contributed by atoms with van der Waals surface area (Å²) in [5.41, 5.74) is 0.567. The van der Waals surface area contributed by atoms with Gasteiger partial charge in [0.25, 0.3) is 0 Å². The first-order valence-electron chi connectivity index (χ1n) is 8.79. The number of benzene rings is 2. The lowest BCUT2D eigenvalue weighted by Gasteiger charge is -2.41. The van der Waals surface area contributed by atoms with Crippen LogP contribution in [0.15, 0.2) is 54.6 Å². The topological polar surface area (TPSA) is 29.1 Å². The zero-order chi connectivity index (χ0) is 18.7. The van der Waals surface area contributed by atoms with E-state index in [2.05, 4.69) is 39.9 Å². The Hall–Kier alpha value is -1.64. The summed E-state index contributed by atoms with van der Waals surface area (Å²) in [6.45, 7) is 10.5. The molecule has 0 amide bonds. The van der Waals surface area contributed by atoms with Crippen molar-refractivity contribution in [3.8, 4) is 0 Å². The van der Waals surface area contributed by atoms with Gasteiger partial charge in [-0.25, -0.2) is 0 Å². The molecule has 0 saturated carbocycles. The molecule has 0 aromatic heterocycles. The normalized spacial score (nSPS) is 14.4. The summed E-state index contributed by atoms with van der Waals surface area (Å²) in [4.78, 5) is 13.7. The standard InChI is InChI=1S/C22H28ClNO/c1-16(2)15-22(24-21(3,4)5,18-12-9-13-19(23)14-18)20(25)17-10-7-6-8-11-17/h6-14,16,24H,15H2,1-5H3. The molecule has 0 aliphatic carbocycles. The van der Waals surface area contributed by atoms with Crippen LogP contribution < -0.4 is 5.32 Å². The average molecular weight is 358 g/mol. The Balaban J connectivity index is 2.68. The molecule has 1 atom stereocenters. The largest absolute Gasteiger partial charge is 0.296 e. The number of rotatable bonds is 6. The summed E-state index contributed by atoms with van der Waals surface area (Å²) in [6.07, 6.45) is 0.693. The van der Waals surface area contributed by atoms with Gasteiger partial charge in [0.2, 0.25) is 0 Å². The van der Waals surface area contributed by atoms with Gasteiger partial charge >= 0.3 is 0 Å². The van der Waals surface area contributed by atoms with E-state index >= 15 is 0 Å². The molecule has 0 spiro atoms. The van der Waals surface area contributed by atoms with Crippen molar-refractivity contribution in [2.24, 2.45) is 5.92 Å². The molecule has 1 N–H and O–H groups in total. The summed E-state index contributed by atoms with van der Waals surface area (Å²) in [7, 11) is 0. The quantitative estimate of drug-likeness (QED) is 0.657. The maximum Gasteiger partial charge on any atom is 0.187 e. The van der Waals surface area contributed by atoms with E-state index in [9.17, 15) is 4.79 Å². The minimum Gasteiger partial charge on any atom is -0.296 e. The first-order valence-corrected chi connectivity index (χ1v) is 9.17. The minimum atomic E-state index is -0.821. The van der Waals surface area contributed by atoms with Crippen LogP contribution >= 0.6 is 11.6 Å². The van der Waals surface area contributed by atoms with Crippen LogP contribution in [0.3, 0.4) is 0 Å². The lowest BCUT2D eigenvalue weighted by Crippen LogP contribution is -2.57. The van der Waals surface area contributed by atoms with Crippen LogP contribution in [0.2, 0.25) is 5.02 Å². The van der Waals surface area contributed by atoms with Crippen LogP contribution in [0.1, 0.15) is 57.0 Å². The molecule has 0 fully saturated rings. The molecule has 2 aromatic carbocycles. The van der Waals surface area contributed by atoms with E-state index in [4.69, 9.17) is 11.6 Å². The van der Waals surface area contributed by atoms with Crippen LogP contribution in [-0.2, 0) is 5.54 Å². The molecule has 1 unspecified atom stereocenters. The van der Waals surface area contributed by atoms with E-state index in [1.165, 1.54) is 0 Å². The SMILES string of the molecule is CC(C)CC(NC(C)(C)C)(C(=O)c1ccccc1)c1cccc(Cl)c1. The summed E-state index contributed by atoms with van der Waals surface area (Å²) >= 11 is 6.27. The first kappa shape index (κ1) is 19.7. The van der Waals surface area contributed by atoms with Crippen molar-refractivity contribution in [1.82, 2.24) is 5.32 Å². The molecular weight excluding hydrogens is 330 g/mol. The van der Waals surface area contributed by atoms with Crippen LogP contribution in [0, 0.1) is 5.92 Å². The van der Waals surface area contributed by atoms with Crippen LogP contribution in [0.5, 0.6) is 0 Å². The lowest BCUT2D eigenvalue weighted by molar-refractivity contribution is 0.0772. The van der Waals surface area contributed by atoms with Gasteiger partial charge in [0.1, 0.15) is 5.54 Å². The van der Waals surface area contributed by atoms with Gasteiger partial charge in [-0.1, -0.05) is 67.9 Å². The van der Waals surface area contributed by atoms with E-state index in [-0.39, 0.29) is 11.3 Å². The Kier molecular flexibility index (Phi) is 6.08. The van der Waals surface area contributed by atoms with Crippen molar-refractivity contribution in [2.75, 3.05) is 0 Å². The Bertz CT molecular complexity index is 718. The highest BCUT2D eigenvalue weighted by atomic mass is 35.5. The third-order valence-corrected chi connectivity index (χ3v) is 4.28. The number of halogens is 1. The van der Waals surface area contributed by atoms with Crippen molar-refractivity contribution in [3.63, 3.8) is 0 Å². The van der Waals surface area contributed by atoms with Crippen molar-refractivity contribution in [1.29, 1.82) is 0 Å². The summed E-state index contributed by atoms with van der Waals surface area (Å²) in [6, 6.07) is 17.2. The zero-order valence-electron chi connectivity index (χ0n) is 15.8. The number of Topliss-reactive ketones (excluding diaryl/α,β-unsaturated/α-hetero) is 1. The Labute approximate surface area is 156 Å². The fourth-order valence-corrected chi connectivity index (χ4v) is 3.55.